The fourth-order valence-corrected chi connectivity index (χ4v) is 2.38. The number of aliphatic hydroxyl groups excluding tert-OH is 1. The highest BCUT2D eigenvalue weighted by Gasteiger charge is 2.29. The van der Waals surface area contributed by atoms with E-state index in [1.807, 2.05) is 19.1 Å². The molecule has 1 aliphatic rings. The Kier molecular flexibility index (Phi) is 4.16. The van der Waals surface area contributed by atoms with Gasteiger partial charge in [-0.1, -0.05) is 12.1 Å². The van der Waals surface area contributed by atoms with Gasteiger partial charge in [-0.2, -0.15) is 5.10 Å². The third kappa shape index (κ3) is 2.93. The van der Waals surface area contributed by atoms with E-state index >= 15 is 0 Å². The molecule has 102 valence electrons. The number of para-hydroxylation sites is 1. The molecular weight excluding hydrogens is 242 g/mol. The first-order valence-corrected chi connectivity index (χ1v) is 6.43. The van der Waals surface area contributed by atoms with Crippen molar-refractivity contribution in [2.24, 2.45) is 5.10 Å². The van der Waals surface area contributed by atoms with Gasteiger partial charge >= 0.3 is 0 Å². The SMILES string of the molecule is C=NNc1ccccc1C(=O)N1C[C@@H](O)CC[C@H]1C. The maximum absolute atomic E-state index is 12.6. The van der Waals surface area contributed by atoms with Crippen LogP contribution in [0, 0.1) is 0 Å². The number of amides is 1. The maximum atomic E-state index is 12.6. The van der Waals surface area contributed by atoms with Crippen molar-refractivity contribution >= 4 is 18.3 Å². The van der Waals surface area contributed by atoms with Crippen molar-refractivity contribution in [3.8, 4) is 0 Å². The molecule has 0 radical (unpaired) electrons. The third-order valence-corrected chi connectivity index (χ3v) is 3.48. The number of nitrogens with one attached hydrogen (secondary N) is 1. The molecule has 1 fully saturated rings. The lowest BCUT2D eigenvalue weighted by Crippen LogP contribution is -2.47. The quantitative estimate of drug-likeness (QED) is 0.643. The Hall–Kier alpha value is -1.88. The standard InChI is InChI=1S/C14H19N3O2/c1-10-7-8-11(18)9-17(10)14(19)12-5-3-4-6-13(12)16-15-2/h3-6,10-11,16,18H,2,7-9H2,1H3/t10-,11+/m1/s1. The topological polar surface area (TPSA) is 64.9 Å². The molecule has 1 aromatic carbocycles. The molecule has 1 saturated heterocycles. The summed E-state index contributed by atoms with van der Waals surface area (Å²) < 4.78 is 0. The van der Waals surface area contributed by atoms with Crippen molar-refractivity contribution in [2.45, 2.75) is 31.9 Å². The molecule has 19 heavy (non-hydrogen) atoms. The molecule has 1 aliphatic heterocycles. The molecule has 2 rings (SSSR count). The van der Waals surface area contributed by atoms with E-state index in [1.54, 1.807) is 17.0 Å². The number of β-amino-alcohol motifs (C(OH)–C–C–N with tert-alkyl or cyclic N) is 1. The molecule has 0 saturated carbocycles. The lowest BCUT2D eigenvalue weighted by molar-refractivity contribution is 0.0310. The Morgan fingerprint density at radius 2 is 2.21 bits per heavy atom. The number of benzene rings is 1. The second-order valence-corrected chi connectivity index (χ2v) is 4.85. The minimum Gasteiger partial charge on any atom is -0.391 e. The zero-order valence-electron chi connectivity index (χ0n) is 11.0. The number of anilines is 1. The average Bonchev–Trinajstić information content (AvgIpc) is 2.42. The Balaban J connectivity index is 2.25. The lowest BCUT2D eigenvalue weighted by atomic mass is 10.00. The Morgan fingerprint density at radius 3 is 2.95 bits per heavy atom. The zero-order valence-corrected chi connectivity index (χ0v) is 11.0. The Labute approximate surface area is 112 Å². The number of hydrogen-bond acceptors (Lipinski definition) is 4. The van der Waals surface area contributed by atoms with Crippen molar-refractivity contribution in [2.75, 3.05) is 12.0 Å². The van der Waals surface area contributed by atoms with Crippen molar-refractivity contribution in [1.29, 1.82) is 0 Å². The van der Waals surface area contributed by atoms with Gasteiger partial charge in [0.15, 0.2) is 0 Å². The first kappa shape index (κ1) is 13.5. The molecule has 2 N–H and O–H groups in total. The van der Waals surface area contributed by atoms with Crippen LogP contribution in [0.5, 0.6) is 0 Å². The summed E-state index contributed by atoms with van der Waals surface area (Å²) in [6.45, 7) is 5.76. The summed E-state index contributed by atoms with van der Waals surface area (Å²) in [5.74, 6) is -0.0852. The van der Waals surface area contributed by atoms with Crippen molar-refractivity contribution in [3.63, 3.8) is 0 Å². The van der Waals surface area contributed by atoms with E-state index in [-0.39, 0.29) is 11.9 Å². The van der Waals surface area contributed by atoms with Gasteiger partial charge in [0.2, 0.25) is 0 Å². The predicted octanol–water partition coefficient (Wildman–Crippen LogP) is 1.70. The second kappa shape index (κ2) is 5.84. The summed E-state index contributed by atoms with van der Waals surface area (Å²) in [6, 6.07) is 7.32. The van der Waals surface area contributed by atoms with Crippen LogP contribution >= 0.6 is 0 Å². The molecule has 1 aromatic rings. The third-order valence-electron chi connectivity index (χ3n) is 3.48. The molecule has 5 heteroatoms. The molecule has 0 unspecified atom stereocenters. The predicted molar refractivity (Wildman–Crippen MR) is 75.4 cm³/mol. The molecule has 0 aromatic heterocycles. The molecule has 0 spiro atoms. The molecule has 0 aliphatic carbocycles. The van der Waals surface area contributed by atoms with Gasteiger partial charge in [0.05, 0.1) is 17.4 Å². The normalized spacial score (nSPS) is 22.9. The van der Waals surface area contributed by atoms with E-state index in [1.165, 1.54) is 0 Å². The fourth-order valence-electron chi connectivity index (χ4n) is 2.38. The lowest BCUT2D eigenvalue weighted by Gasteiger charge is -2.36. The molecule has 1 amide bonds. The number of hydrogen-bond donors (Lipinski definition) is 2. The number of hydrazone groups is 1. The smallest absolute Gasteiger partial charge is 0.256 e. The van der Waals surface area contributed by atoms with Crippen LogP contribution in [0.4, 0.5) is 5.69 Å². The van der Waals surface area contributed by atoms with Crippen LogP contribution in [0.2, 0.25) is 0 Å². The highest BCUT2D eigenvalue weighted by atomic mass is 16.3. The number of rotatable bonds is 3. The summed E-state index contributed by atoms with van der Waals surface area (Å²) in [6.07, 6.45) is 1.14. The van der Waals surface area contributed by atoms with E-state index < -0.39 is 6.10 Å². The van der Waals surface area contributed by atoms with Crippen LogP contribution in [0.1, 0.15) is 30.1 Å². The number of likely N-dealkylation sites (tertiary alicyclic amines) is 1. The number of carbonyl (C=O) groups excluding carboxylic acids is 1. The Bertz CT molecular complexity index is 476. The molecule has 2 atom stereocenters. The van der Waals surface area contributed by atoms with E-state index in [2.05, 4.69) is 17.2 Å². The highest BCUT2D eigenvalue weighted by molar-refractivity contribution is 5.99. The fraction of sp³-hybridized carbons (Fsp3) is 0.429. The van der Waals surface area contributed by atoms with E-state index in [4.69, 9.17) is 0 Å². The van der Waals surface area contributed by atoms with Gasteiger partial charge in [-0.15, -0.1) is 0 Å². The van der Waals surface area contributed by atoms with Gasteiger partial charge in [0, 0.05) is 19.3 Å². The summed E-state index contributed by atoms with van der Waals surface area (Å²) in [5, 5.41) is 13.3. The van der Waals surface area contributed by atoms with Gasteiger partial charge in [0.25, 0.3) is 5.91 Å². The minimum atomic E-state index is -0.433. The second-order valence-electron chi connectivity index (χ2n) is 4.85. The first-order chi connectivity index (χ1) is 9.13. The minimum absolute atomic E-state index is 0.0852. The number of nitrogens with zero attached hydrogens (tertiary/aromatic N) is 2. The number of carbonyl (C=O) groups is 1. The van der Waals surface area contributed by atoms with Crippen LogP contribution < -0.4 is 5.43 Å². The highest BCUT2D eigenvalue weighted by Crippen LogP contribution is 2.23. The van der Waals surface area contributed by atoms with Crippen molar-refractivity contribution < 1.29 is 9.90 Å². The monoisotopic (exact) mass is 261 g/mol. The summed E-state index contributed by atoms with van der Waals surface area (Å²) >= 11 is 0. The van der Waals surface area contributed by atoms with E-state index in [9.17, 15) is 9.90 Å². The van der Waals surface area contributed by atoms with Gasteiger partial charge in [-0.25, -0.2) is 0 Å². The van der Waals surface area contributed by atoms with E-state index in [0.29, 0.717) is 17.8 Å². The average molecular weight is 261 g/mol. The number of aliphatic hydroxyl groups is 1. The van der Waals surface area contributed by atoms with Gasteiger partial charge in [0.1, 0.15) is 0 Å². The largest absolute Gasteiger partial charge is 0.391 e. The molecule has 0 bridgehead atoms. The van der Waals surface area contributed by atoms with Crippen molar-refractivity contribution in [3.05, 3.63) is 29.8 Å². The molecular formula is C14H19N3O2. The zero-order chi connectivity index (χ0) is 13.8. The van der Waals surface area contributed by atoms with Crippen LogP contribution in [0.25, 0.3) is 0 Å². The molecule has 1 heterocycles. The summed E-state index contributed by atoms with van der Waals surface area (Å²) in [7, 11) is 0. The van der Waals surface area contributed by atoms with Crippen LogP contribution in [-0.2, 0) is 0 Å². The van der Waals surface area contributed by atoms with Crippen molar-refractivity contribution in [1.82, 2.24) is 4.90 Å². The summed E-state index contributed by atoms with van der Waals surface area (Å²) in [5.41, 5.74) is 3.91. The summed E-state index contributed by atoms with van der Waals surface area (Å²) in [4.78, 5) is 14.3. The number of piperidine rings is 1. The van der Waals surface area contributed by atoms with Crippen LogP contribution in [0.15, 0.2) is 29.4 Å². The van der Waals surface area contributed by atoms with Crippen LogP contribution in [-0.4, -0.2) is 41.3 Å². The van der Waals surface area contributed by atoms with Crippen LogP contribution in [0.3, 0.4) is 0 Å². The van der Waals surface area contributed by atoms with Gasteiger partial charge in [-0.3, -0.25) is 10.2 Å². The maximum Gasteiger partial charge on any atom is 0.256 e. The van der Waals surface area contributed by atoms with Gasteiger partial charge in [-0.05, 0) is 31.9 Å². The van der Waals surface area contributed by atoms with Gasteiger partial charge < -0.3 is 10.0 Å². The van der Waals surface area contributed by atoms with E-state index in [0.717, 1.165) is 12.8 Å². The first-order valence-electron chi connectivity index (χ1n) is 6.43. The Morgan fingerprint density at radius 1 is 1.47 bits per heavy atom. The molecule has 5 nitrogen and oxygen atoms in total.